The van der Waals surface area contributed by atoms with Crippen LogP contribution in [0.4, 0.5) is 0 Å². The second-order valence-corrected chi connectivity index (χ2v) is 8.01. The molecule has 0 amide bonds. The summed E-state index contributed by atoms with van der Waals surface area (Å²) in [6, 6.07) is 5.02. The lowest BCUT2D eigenvalue weighted by Gasteiger charge is -2.30. The van der Waals surface area contributed by atoms with E-state index in [4.69, 9.17) is 9.76 Å². The Labute approximate surface area is 169 Å². The number of hydrogen-bond donors (Lipinski definition) is 4. The summed E-state index contributed by atoms with van der Waals surface area (Å²) in [5.41, 5.74) is 0.706. The summed E-state index contributed by atoms with van der Waals surface area (Å²) in [6.45, 7) is -0.0428. The number of ketones is 1. The Bertz CT molecular complexity index is 776. The maximum absolute atomic E-state index is 12.6. The molecule has 9 heteroatoms. The van der Waals surface area contributed by atoms with Crippen molar-refractivity contribution < 1.29 is 34.3 Å². The highest BCUT2D eigenvalue weighted by molar-refractivity contribution is 6.47. The monoisotopic (exact) mass is 403 g/mol. The third-order valence-electron chi connectivity index (χ3n) is 5.85. The second-order valence-electron chi connectivity index (χ2n) is 8.01. The van der Waals surface area contributed by atoms with Gasteiger partial charge in [0.15, 0.2) is 0 Å². The Morgan fingerprint density at radius 1 is 1.10 bits per heavy atom. The number of nitrogens with one attached hydrogen (secondary N) is 1. The maximum atomic E-state index is 12.6. The van der Waals surface area contributed by atoms with Gasteiger partial charge in [0.25, 0.3) is 0 Å². The number of carboxylic acid groups (broad SMARTS) is 2. The molecule has 0 spiro atoms. The van der Waals surface area contributed by atoms with Gasteiger partial charge in [0.2, 0.25) is 0 Å². The first-order valence-electron chi connectivity index (χ1n) is 10.00. The largest absolute Gasteiger partial charge is 0.535 e. The van der Waals surface area contributed by atoms with Crippen molar-refractivity contribution in [1.29, 1.82) is 0 Å². The zero-order valence-corrected chi connectivity index (χ0v) is 16.2. The van der Waals surface area contributed by atoms with Crippen LogP contribution in [0.3, 0.4) is 0 Å². The van der Waals surface area contributed by atoms with Crippen LogP contribution < -0.4 is 9.97 Å². The molecule has 1 aliphatic heterocycles. The van der Waals surface area contributed by atoms with Crippen molar-refractivity contribution in [2.75, 3.05) is 6.54 Å². The molecule has 1 heterocycles. The smallest absolute Gasteiger partial charge is 0.526 e. The highest BCUT2D eigenvalue weighted by Crippen LogP contribution is 2.37. The van der Waals surface area contributed by atoms with Crippen molar-refractivity contribution in [3.05, 3.63) is 29.3 Å². The average molecular weight is 403 g/mol. The van der Waals surface area contributed by atoms with Gasteiger partial charge < -0.3 is 25.2 Å². The number of aliphatic carboxylic acids is 1. The lowest BCUT2D eigenvalue weighted by atomic mass is 9.64. The summed E-state index contributed by atoms with van der Waals surface area (Å²) in [5.74, 6) is -1.85. The quantitative estimate of drug-likeness (QED) is 0.483. The van der Waals surface area contributed by atoms with Crippen LogP contribution >= 0.6 is 0 Å². The summed E-state index contributed by atoms with van der Waals surface area (Å²) >= 11 is 0. The van der Waals surface area contributed by atoms with Crippen molar-refractivity contribution in [3.8, 4) is 5.75 Å². The van der Waals surface area contributed by atoms with Crippen LogP contribution in [-0.4, -0.2) is 52.7 Å². The molecule has 3 rings (SSSR count). The summed E-state index contributed by atoms with van der Waals surface area (Å²) in [4.78, 5) is 34.5. The van der Waals surface area contributed by atoms with Crippen molar-refractivity contribution in [1.82, 2.24) is 5.32 Å². The van der Waals surface area contributed by atoms with E-state index in [0.29, 0.717) is 18.4 Å². The standard InChI is InChI=1S/C20H26BNO7/c23-16(8-12-4-6-15(7-5-12)22-11-18(24)25)10-14-9-13-2-1-3-17(20(26)27)19(13)29-21(14)28/h1-3,12,14-15,22,28H,4-11H2,(H,24,25)(H,26,27)/t12?,14-,15?/m1/s1. The maximum Gasteiger partial charge on any atom is 0.526 e. The van der Waals surface area contributed by atoms with Gasteiger partial charge in [0.1, 0.15) is 11.5 Å². The van der Waals surface area contributed by atoms with Gasteiger partial charge in [-0.05, 0) is 49.7 Å². The number of rotatable bonds is 8. The number of Topliss-reactive ketones (excluding diaryl/α,β-unsaturated/α-hetero) is 1. The molecule has 4 N–H and O–H groups in total. The molecule has 1 saturated carbocycles. The molecule has 1 aliphatic carbocycles. The van der Waals surface area contributed by atoms with Crippen molar-refractivity contribution >= 4 is 24.8 Å². The zero-order chi connectivity index (χ0) is 21.0. The van der Waals surface area contributed by atoms with Crippen LogP contribution in [0.25, 0.3) is 0 Å². The molecule has 29 heavy (non-hydrogen) atoms. The number of carboxylic acids is 2. The van der Waals surface area contributed by atoms with Crippen LogP contribution in [0.5, 0.6) is 5.75 Å². The first-order valence-corrected chi connectivity index (χ1v) is 10.00. The number of aromatic carboxylic acids is 1. The zero-order valence-electron chi connectivity index (χ0n) is 16.2. The number of carbonyl (C=O) groups excluding carboxylic acids is 1. The van der Waals surface area contributed by atoms with E-state index in [1.807, 2.05) is 0 Å². The van der Waals surface area contributed by atoms with Gasteiger partial charge in [-0.15, -0.1) is 0 Å². The van der Waals surface area contributed by atoms with Crippen LogP contribution in [0, 0.1) is 5.92 Å². The van der Waals surface area contributed by atoms with Crippen molar-refractivity contribution in [3.63, 3.8) is 0 Å². The molecule has 0 unspecified atom stereocenters. The van der Waals surface area contributed by atoms with E-state index in [1.165, 1.54) is 6.07 Å². The van der Waals surface area contributed by atoms with Crippen LogP contribution in [0.15, 0.2) is 18.2 Å². The number of benzene rings is 1. The van der Waals surface area contributed by atoms with E-state index >= 15 is 0 Å². The van der Waals surface area contributed by atoms with Gasteiger partial charge in [-0.25, -0.2) is 4.79 Å². The van der Waals surface area contributed by atoms with Crippen molar-refractivity contribution in [2.45, 2.75) is 56.8 Å². The Morgan fingerprint density at radius 2 is 1.83 bits per heavy atom. The normalized spacial score (nSPS) is 23.8. The summed E-state index contributed by atoms with van der Waals surface area (Å²) in [6.07, 6.45) is 4.48. The highest BCUT2D eigenvalue weighted by Gasteiger charge is 2.38. The van der Waals surface area contributed by atoms with E-state index in [1.54, 1.807) is 12.1 Å². The second kappa shape index (κ2) is 9.41. The molecule has 0 bridgehead atoms. The molecule has 0 saturated heterocycles. The van der Waals surface area contributed by atoms with Crippen LogP contribution in [0.2, 0.25) is 5.82 Å². The third kappa shape index (κ3) is 5.58. The minimum Gasteiger partial charge on any atom is -0.535 e. The molecule has 0 aromatic heterocycles. The molecular formula is C20H26BNO7. The lowest BCUT2D eigenvalue weighted by molar-refractivity contribution is -0.136. The van der Waals surface area contributed by atoms with Gasteiger partial charge in [-0.3, -0.25) is 9.59 Å². The Morgan fingerprint density at radius 3 is 2.48 bits per heavy atom. The van der Waals surface area contributed by atoms with E-state index in [-0.39, 0.29) is 42.0 Å². The summed E-state index contributed by atoms with van der Waals surface area (Å²) in [5, 5.41) is 31.3. The molecule has 1 fully saturated rings. The van der Waals surface area contributed by atoms with Gasteiger partial charge in [-0.1, -0.05) is 12.1 Å². The molecular weight excluding hydrogens is 377 g/mol. The molecule has 1 aromatic carbocycles. The van der Waals surface area contributed by atoms with Gasteiger partial charge in [0, 0.05) is 24.7 Å². The fourth-order valence-corrected chi connectivity index (χ4v) is 4.33. The van der Waals surface area contributed by atoms with Gasteiger partial charge in [-0.2, -0.15) is 0 Å². The molecule has 0 radical (unpaired) electrons. The first-order chi connectivity index (χ1) is 13.8. The van der Waals surface area contributed by atoms with Gasteiger partial charge >= 0.3 is 19.1 Å². The van der Waals surface area contributed by atoms with Gasteiger partial charge in [0.05, 0.1) is 12.1 Å². The van der Waals surface area contributed by atoms with E-state index in [2.05, 4.69) is 5.32 Å². The molecule has 8 nitrogen and oxygen atoms in total. The average Bonchev–Trinajstić information content (AvgIpc) is 2.67. The number of carbonyl (C=O) groups is 3. The first kappa shape index (κ1) is 21.3. The van der Waals surface area contributed by atoms with Crippen LogP contribution in [0.1, 0.15) is 54.4 Å². The summed E-state index contributed by atoms with van der Waals surface area (Å²) in [7, 11) is -1.21. The predicted molar refractivity (Wildman–Crippen MR) is 105 cm³/mol. The van der Waals surface area contributed by atoms with E-state index < -0.39 is 24.9 Å². The van der Waals surface area contributed by atoms with Crippen molar-refractivity contribution in [2.24, 2.45) is 5.92 Å². The highest BCUT2D eigenvalue weighted by atomic mass is 16.5. The Hall–Kier alpha value is -2.39. The minimum absolute atomic E-state index is 0.0135. The predicted octanol–water partition coefficient (Wildman–Crippen LogP) is 1.75. The number of para-hydroxylation sites is 1. The van der Waals surface area contributed by atoms with E-state index in [0.717, 1.165) is 25.7 Å². The van der Waals surface area contributed by atoms with Crippen LogP contribution in [-0.2, 0) is 16.0 Å². The topological polar surface area (TPSA) is 133 Å². The number of hydrogen-bond acceptors (Lipinski definition) is 6. The Balaban J connectivity index is 1.50. The fourth-order valence-electron chi connectivity index (χ4n) is 4.33. The third-order valence-corrected chi connectivity index (χ3v) is 5.85. The molecule has 1 aromatic rings. The minimum atomic E-state index is -1.21. The summed E-state index contributed by atoms with van der Waals surface area (Å²) < 4.78 is 5.45. The SMILES string of the molecule is O=C(O)CNC1CCC(CC(=O)C[C@H]2Cc3cccc(C(=O)O)c3OB2O)CC1. The van der Waals surface area contributed by atoms with E-state index in [9.17, 15) is 24.5 Å². The molecule has 1 atom stereocenters. The molecule has 2 aliphatic rings. The lowest BCUT2D eigenvalue weighted by Crippen LogP contribution is -2.37. The Kier molecular flexibility index (Phi) is 6.92. The number of fused-ring (bicyclic) bond motifs is 1. The fraction of sp³-hybridized carbons (Fsp3) is 0.550. The molecule has 156 valence electrons.